The van der Waals surface area contributed by atoms with E-state index in [1.54, 1.807) is 0 Å². The maximum Gasteiger partial charge on any atom is 0.471 e. The third-order valence-corrected chi connectivity index (χ3v) is 2.98. The van der Waals surface area contributed by atoms with Crippen LogP contribution in [0.5, 0.6) is 0 Å². The van der Waals surface area contributed by atoms with Gasteiger partial charge in [-0.15, -0.1) is 0 Å². The molecule has 1 unspecified atom stereocenters. The Labute approximate surface area is 101 Å². The van der Waals surface area contributed by atoms with Gasteiger partial charge in [0.1, 0.15) is 0 Å². The molecule has 1 amide bonds. The Balaban J connectivity index is 3.25. The van der Waals surface area contributed by atoms with E-state index in [4.69, 9.17) is 4.89 Å². The highest BCUT2D eigenvalue weighted by molar-refractivity contribution is 7.47. The first-order valence-electron chi connectivity index (χ1n) is 5.36. The van der Waals surface area contributed by atoms with Crippen molar-refractivity contribution in [2.75, 3.05) is 27.4 Å². The Kier molecular flexibility index (Phi) is 9.07. The van der Waals surface area contributed by atoms with Gasteiger partial charge in [0.15, 0.2) is 0 Å². The van der Waals surface area contributed by atoms with Gasteiger partial charge in [0, 0.05) is 13.7 Å². The molecule has 0 aromatic heterocycles. The number of alkyl carbamates (subject to hydrolysis) is 1. The normalized spacial score (nSPS) is 14.1. The van der Waals surface area contributed by atoms with Crippen LogP contribution in [0.3, 0.4) is 0 Å². The monoisotopic (exact) mass is 269 g/mol. The van der Waals surface area contributed by atoms with E-state index in [-0.39, 0.29) is 6.61 Å². The Morgan fingerprint density at radius 2 is 1.88 bits per heavy atom. The molecule has 0 rings (SSSR count). The molecule has 0 radical (unpaired) electrons. The molecule has 0 spiro atoms. The number of unbranched alkanes of at least 4 members (excludes halogenated alkanes) is 3. The second-order valence-corrected chi connectivity index (χ2v) is 4.88. The molecule has 0 saturated heterocycles. The topological polar surface area (TPSA) is 94.1 Å². The maximum absolute atomic E-state index is 10.9. The van der Waals surface area contributed by atoms with Crippen LogP contribution >= 0.6 is 7.82 Å². The van der Waals surface area contributed by atoms with Gasteiger partial charge >= 0.3 is 13.9 Å². The highest BCUT2D eigenvalue weighted by Crippen LogP contribution is 2.41. The quantitative estimate of drug-likeness (QED) is 0.488. The second-order valence-electron chi connectivity index (χ2n) is 3.32. The van der Waals surface area contributed by atoms with E-state index in [1.807, 2.05) is 0 Å². The van der Waals surface area contributed by atoms with Crippen LogP contribution in [0.2, 0.25) is 0 Å². The van der Waals surface area contributed by atoms with Crippen LogP contribution in [0.15, 0.2) is 0 Å². The summed E-state index contributed by atoms with van der Waals surface area (Å²) in [5.74, 6) is 0. The van der Waals surface area contributed by atoms with Gasteiger partial charge in [-0.2, -0.15) is 0 Å². The van der Waals surface area contributed by atoms with Gasteiger partial charge in [0.25, 0.3) is 0 Å². The number of carbonyl (C=O) groups is 1. The molecule has 0 bridgehead atoms. The van der Waals surface area contributed by atoms with E-state index in [9.17, 15) is 9.36 Å². The van der Waals surface area contributed by atoms with Crippen LogP contribution in [0.1, 0.15) is 25.7 Å². The van der Waals surface area contributed by atoms with Crippen molar-refractivity contribution in [1.29, 1.82) is 0 Å². The molecule has 0 aromatic carbocycles. The number of rotatable bonds is 9. The van der Waals surface area contributed by atoms with Gasteiger partial charge < -0.3 is 14.9 Å². The number of hydrogen-bond acceptors (Lipinski definition) is 5. The number of carbonyl (C=O) groups excluding carboxylic acids is 1. The third kappa shape index (κ3) is 10.3. The van der Waals surface area contributed by atoms with Crippen molar-refractivity contribution in [2.45, 2.75) is 25.7 Å². The minimum Gasteiger partial charge on any atom is -0.453 e. The molecule has 0 aliphatic rings. The minimum absolute atomic E-state index is 0.187. The van der Waals surface area contributed by atoms with Crippen molar-refractivity contribution >= 4 is 13.9 Å². The fraction of sp³-hybridized carbons (Fsp3) is 0.889. The van der Waals surface area contributed by atoms with E-state index < -0.39 is 13.9 Å². The summed E-state index contributed by atoms with van der Waals surface area (Å²) in [5, 5.41) is 2.56. The molecule has 0 aromatic rings. The highest BCUT2D eigenvalue weighted by Gasteiger charge is 2.17. The van der Waals surface area contributed by atoms with Crippen LogP contribution < -0.4 is 5.32 Å². The summed E-state index contributed by atoms with van der Waals surface area (Å²) >= 11 is 0. The fourth-order valence-corrected chi connectivity index (χ4v) is 1.54. The summed E-state index contributed by atoms with van der Waals surface area (Å²) in [4.78, 5) is 19.6. The van der Waals surface area contributed by atoms with Crippen LogP contribution in [0.25, 0.3) is 0 Å². The van der Waals surface area contributed by atoms with Gasteiger partial charge in [-0.1, -0.05) is 12.8 Å². The van der Waals surface area contributed by atoms with Gasteiger partial charge in [-0.05, 0) is 12.8 Å². The lowest BCUT2D eigenvalue weighted by atomic mass is 10.2. The molecule has 0 aliphatic heterocycles. The first-order valence-corrected chi connectivity index (χ1v) is 6.86. The largest absolute Gasteiger partial charge is 0.471 e. The highest BCUT2D eigenvalue weighted by atomic mass is 31.2. The first-order chi connectivity index (χ1) is 8.02. The summed E-state index contributed by atoms with van der Waals surface area (Å²) in [6.07, 6.45) is 2.82. The SMILES string of the molecule is COC(=O)NCCCCCCOP(=O)(O)OC. The van der Waals surface area contributed by atoms with Gasteiger partial charge in [-0.3, -0.25) is 9.05 Å². The summed E-state index contributed by atoms with van der Waals surface area (Å²) in [5.41, 5.74) is 0. The van der Waals surface area contributed by atoms with Gasteiger partial charge in [0.2, 0.25) is 0 Å². The van der Waals surface area contributed by atoms with E-state index in [2.05, 4.69) is 19.1 Å². The summed E-state index contributed by atoms with van der Waals surface area (Å²) < 4.78 is 24.2. The van der Waals surface area contributed by atoms with Gasteiger partial charge in [-0.25, -0.2) is 9.36 Å². The third-order valence-electron chi connectivity index (χ3n) is 2.01. The molecule has 0 aliphatic carbocycles. The van der Waals surface area contributed by atoms with E-state index in [1.165, 1.54) is 7.11 Å². The first kappa shape index (κ1) is 16.4. The van der Waals surface area contributed by atoms with Crippen molar-refractivity contribution in [2.24, 2.45) is 0 Å². The average Bonchev–Trinajstić information content (AvgIpc) is 2.32. The Morgan fingerprint density at radius 3 is 2.47 bits per heavy atom. The number of amides is 1. The zero-order valence-corrected chi connectivity index (χ0v) is 11.1. The molecule has 2 N–H and O–H groups in total. The number of ether oxygens (including phenoxy) is 1. The molecule has 17 heavy (non-hydrogen) atoms. The molecule has 8 heteroatoms. The summed E-state index contributed by atoms with van der Waals surface area (Å²) in [6.45, 7) is 0.746. The lowest BCUT2D eigenvalue weighted by molar-refractivity contribution is 0.168. The summed E-state index contributed by atoms with van der Waals surface area (Å²) in [7, 11) is -1.39. The molecule has 102 valence electrons. The number of hydrogen-bond donors (Lipinski definition) is 2. The predicted octanol–water partition coefficient (Wildman–Crippen LogP) is 1.67. The molecule has 7 nitrogen and oxygen atoms in total. The Morgan fingerprint density at radius 1 is 1.24 bits per heavy atom. The number of phosphoric acid groups is 1. The number of methoxy groups -OCH3 is 1. The van der Waals surface area contributed by atoms with Crippen LogP contribution in [-0.4, -0.2) is 38.4 Å². The molecular formula is C9H20NO6P. The lowest BCUT2D eigenvalue weighted by Gasteiger charge is -2.08. The van der Waals surface area contributed by atoms with Crippen LogP contribution in [-0.2, 0) is 18.3 Å². The van der Waals surface area contributed by atoms with Crippen molar-refractivity contribution in [3.8, 4) is 0 Å². The zero-order chi connectivity index (χ0) is 13.1. The smallest absolute Gasteiger partial charge is 0.453 e. The number of nitrogens with one attached hydrogen (secondary N) is 1. The van der Waals surface area contributed by atoms with E-state index >= 15 is 0 Å². The fourth-order valence-electron chi connectivity index (χ4n) is 1.08. The maximum atomic E-state index is 10.9. The zero-order valence-electron chi connectivity index (χ0n) is 10.2. The Hall–Kier alpha value is -0.620. The minimum atomic E-state index is -3.83. The standard InChI is InChI=1S/C9H20NO6P/c1-14-9(11)10-7-5-3-4-6-8-16-17(12,13)15-2/h3-8H2,1-2H3,(H,10,11)(H,12,13). The number of phosphoric ester groups is 1. The Bertz CT molecular complexity index is 260. The van der Waals surface area contributed by atoms with Crippen LogP contribution in [0, 0.1) is 0 Å². The predicted molar refractivity (Wildman–Crippen MR) is 61.7 cm³/mol. The second kappa shape index (κ2) is 9.41. The van der Waals surface area contributed by atoms with E-state index in [0.29, 0.717) is 13.0 Å². The van der Waals surface area contributed by atoms with Gasteiger partial charge in [0.05, 0.1) is 13.7 Å². The van der Waals surface area contributed by atoms with Crippen molar-refractivity contribution in [3.05, 3.63) is 0 Å². The molecule has 0 fully saturated rings. The van der Waals surface area contributed by atoms with Crippen LogP contribution in [0.4, 0.5) is 4.79 Å². The van der Waals surface area contributed by atoms with Crippen molar-refractivity contribution in [1.82, 2.24) is 5.32 Å². The van der Waals surface area contributed by atoms with Crippen molar-refractivity contribution in [3.63, 3.8) is 0 Å². The summed E-state index contributed by atoms with van der Waals surface area (Å²) in [6, 6.07) is 0. The lowest BCUT2D eigenvalue weighted by Crippen LogP contribution is -2.23. The van der Waals surface area contributed by atoms with E-state index in [0.717, 1.165) is 26.4 Å². The molecule has 1 atom stereocenters. The molecule has 0 heterocycles. The molecule has 0 saturated carbocycles. The average molecular weight is 269 g/mol. The van der Waals surface area contributed by atoms with Crippen molar-refractivity contribution < 1.29 is 28.0 Å². The molecular weight excluding hydrogens is 249 g/mol.